The summed E-state index contributed by atoms with van der Waals surface area (Å²) in [6.07, 6.45) is 1.38. The minimum atomic E-state index is -1.00. The first-order chi connectivity index (χ1) is 9.04. The van der Waals surface area contributed by atoms with E-state index in [0.29, 0.717) is 17.9 Å². The number of aryl methyl sites for hydroxylation is 2. The molecule has 0 spiro atoms. The molecule has 1 N–H and O–H groups in total. The molecule has 100 valence electrons. The molecule has 0 amide bonds. The zero-order chi connectivity index (χ0) is 14.0. The van der Waals surface area contributed by atoms with Crippen LogP contribution in [0.4, 0.5) is 0 Å². The maximum Gasteiger partial charge on any atom is 0.341 e. The number of hydrogen-bond donors (Lipinski definition) is 1. The molecule has 19 heavy (non-hydrogen) atoms. The van der Waals surface area contributed by atoms with E-state index in [1.807, 2.05) is 32.0 Å². The molecule has 0 aliphatic heterocycles. The molecule has 0 radical (unpaired) electrons. The molecule has 0 atom stereocenters. The molecule has 0 aliphatic carbocycles. The average molecular weight is 324 g/mol. The predicted molar refractivity (Wildman–Crippen MR) is 75.3 cm³/mol. The van der Waals surface area contributed by atoms with Crippen LogP contribution in [0, 0.1) is 6.92 Å². The number of carboxylic acids is 1. The van der Waals surface area contributed by atoms with E-state index < -0.39 is 5.97 Å². The quantitative estimate of drug-likeness (QED) is 0.921. The van der Waals surface area contributed by atoms with Crippen LogP contribution < -0.4 is 0 Å². The van der Waals surface area contributed by atoms with E-state index in [-0.39, 0.29) is 5.56 Å². The molecule has 0 fully saturated rings. The number of rotatable bonds is 4. The molecule has 2 aromatic rings. The molecule has 1 aromatic heterocycles. The predicted octanol–water partition coefficient (Wildman–Crippen LogP) is 4.06. The normalized spacial score (nSPS) is 10.7. The number of aromatic nitrogens is 1. The van der Waals surface area contributed by atoms with Gasteiger partial charge in [-0.1, -0.05) is 40.1 Å². The van der Waals surface area contributed by atoms with Crippen LogP contribution in [0.15, 0.2) is 27.2 Å². The summed E-state index contributed by atoms with van der Waals surface area (Å²) in [6, 6.07) is 5.62. The van der Waals surface area contributed by atoms with Gasteiger partial charge in [0.15, 0.2) is 5.76 Å². The zero-order valence-corrected chi connectivity index (χ0v) is 12.3. The molecule has 1 aromatic carbocycles. The molecular formula is C14H14BrNO3. The topological polar surface area (TPSA) is 63.3 Å². The summed E-state index contributed by atoms with van der Waals surface area (Å²) in [5, 5.41) is 13.3. The van der Waals surface area contributed by atoms with Gasteiger partial charge in [0.2, 0.25) is 0 Å². The van der Waals surface area contributed by atoms with Crippen LogP contribution >= 0.6 is 15.9 Å². The number of carboxylic acid groups (broad SMARTS) is 1. The third kappa shape index (κ3) is 2.71. The lowest BCUT2D eigenvalue weighted by Gasteiger charge is -2.02. The lowest BCUT2D eigenvalue weighted by molar-refractivity contribution is 0.0695. The molecule has 0 bridgehead atoms. The number of halogens is 1. The number of aromatic carboxylic acids is 1. The summed E-state index contributed by atoms with van der Waals surface area (Å²) >= 11 is 3.44. The average Bonchev–Trinajstić information content (AvgIpc) is 2.77. The maximum absolute atomic E-state index is 11.4. The van der Waals surface area contributed by atoms with Crippen LogP contribution in [-0.4, -0.2) is 16.2 Å². The van der Waals surface area contributed by atoms with Gasteiger partial charge in [-0.25, -0.2) is 4.79 Å². The Morgan fingerprint density at radius 1 is 1.47 bits per heavy atom. The van der Waals surface area contributed by atoms with E-state index in [2.05, 4.69) is 21.1 Å². The minimum Gasteiger partial charge on any atom is -0.477 e. The fourth-order valence-corrected chi connectivity index (χ4v) is 2.26. The highest BCUT2D eigenvalue weighted by Gasteiger charge is 2.23. The Balaban J connectivity index is 2.55. The van der Waals surface area contributed by atoms with Crippen molar-refractivity contribution in [2.24, 2.45) is 0 Å². The van der Waals surface area contributed by atoms with Crippen LogP contribution in [0.25, 0.3) is 11.3 Å². The number of nitrogens with zero attached hydrogens (tertiary/aromatic N) is 1. The van der Waals surface area contributed by atoms with Crippen LogP contribution in [0.5, 0.6) is 0 Å². The molecule has 0 saturated carbocycles. The van der Waals surface area contributed by atoms with Crippen molar-refractivity contribution in [1.29, 1.82) is 0 Å². The van der Waals surface area contributed by atoms with Gasteiger partial charge in [0.25, 0.3) is 0 Å². The van der Waals surface area contributed by atoms with E-state index in [0.717, 1.165) is 22.0 Å². The Morgan fingerprint density at radius 3 is 2.79 bits per heavy atom. The highest BCUT2D eigenvalue weighted by molar-refractivity contribution is 9.10. The monoisotopic (exact) mass is 323 g/mol. The summed E-state index contributed by atoms with van der Waals surface area (Å²) in [5.41, 5.74) is 2.37. The third-order valence-electron chi connectivity index (χ3n) is 2.90. The lowest BCUT2D eigenvalue weighted by Crippen LogP contribution is -2.01. The van der Waals surface area contributed by atoms with Crippen molar-refractivity contribution in [3.8, 4) is 11.3 Å². The number of carbonyl (C=O) groups is 1. The van der Waals surface area contributed by atoms with Gasteiger partial charge in [0.1, 0.15) is 11.3 Å². The van der Waals surface area contributed by atoms with E-state index in [1.165, 1.54) is 0 Å². The van der Waals surface area contributed by atoms with Gasteiger partial charge >= 0.3 is 5.97 Å². The fraction of sp³-hybridized carbons (Fsp3) is 0.286. The van der Waals surface area contributed by atoms with Gasteiger partial charge < -0.3 is 9.63 Å². The highest BCUT2D eigenvalue weighted by Crippen LogP contribution is 2.29. The first-order valence-corrected chi connectivity index (χ1v) is 6.82. The molecule has 0 saturated heterocycles. The Labute approximate surface area is 119 Å². The van der Waals surface area contributed by atoms with Gasteiger partial charge in [-0.05, 0) is 25.0 Å². The van der Waals surface area contributed by atoms with Crippen molar-refractivity contribution in [3.63, 3.8) is 0 Å². The van der Waals surface area contributed by atoms with E-state index in [4.69, 9.17) is 4.52 Å². The standard InChI is InChI=1S/C14H14BrNO3/c1-3-4-11-12(14(17)18)13(16-19-11)9-6-5-8(2)10(15)7-9/h5-7H,3-4H2,1-2H3,(H,17,18). The van der Waals surface area contributed by atoms with Gasteiger partial charge in [-0.2, -0.15) is 0 Å². The van der Waals surface area contributed by atoms with Gasteiger partial charge in [-0.3, -0.25) is 0 Å². The molecule has 4 nitrogen and oxygen atoms in total. The Hall–Kier alpha value is -1.62. The first kappa shape index (κ1) is 13.8. The van der Waals surface area contributed by atoms with E-state index in [9.17, 15) is 9.90 Å². The van der Waals surface area contributed by atoms with Crippen molar-refractivity contribution < 1.29 is 14.4 Å². The van der Waals surface area contributed by atoms with Gasteiger partial charge in [0, 0.05) is 16.5 Å². The van der Waals surface area contributed by atoms with E-state index in [1.54, 1.807) is 0 Å². The molecule has 1 heterocycles. The number of benzene rings is 1. The second kappa shape index (κ2) is 5.57. The minimum absolute atomic E-state index is 0.164. The van der Waals surface area contributed by atoms with Crippen molar-refractivity contribution in [2.75, 3.05) is 0 Å². The highest BCUT2D eigenvalue weighted by atomic mass is 79.9. The molecule has 5 heteroatoms. The summed E-state index contributed by atoms with van der Waals surface area (Å²) in [6.45, 7) is 3.94. The van der Waals surface area contributed by atoms with Crippen LogP contribution in [0.1, 0.15) is 35.0 Å². The maximum atomic E-state index is 11.4. The summed E-state index contributed by atoms with van der Waals surface area (Å²) < 4.78 is 6.09. The smallest absolute Gasteiger partial charge is 0.341 e. The molecule has 2 rings (SSSR count). The Kier molecular flexibility index (Phi) is 4.04. The van der Waals surface area contributed by atoms with E-state index >= 15 is 0 Å². The van der Waals surface area contributed by atoms with Crippen molar-refractivity contribution >= 4 is 21.9 Å². The fourth-order valence-electron chi connectivity index (χ4n) is 1.88. The first-order valence-electron chi connectivity index (χ1n) is 6.03. The number of hydrogen-bond acceptors (Lipinski definition) is 3. The Bertz CT molecular complexity index is 619. The zero-order valence-electron chi connectivity index (χ0n) is 10.7. The van der Waals surface area contributed by atoms with Crippen molar-refractivity contribution in [3.05, 3.63) is 39.6 Å². The summed E-state index contributed by atoms with van der Waals surface area (Å²) in [4.78, 5) is 11.4. The summed E-state index contributed by atoms with van der Waals surface area (Å²) in [7, 11) is 0. The SMILES string of the molecule is CCCc1onc(-c2ccc(C)c(Br)c2)c1C(=O)O. The van der Waals surface area contributed by atoms with Crippen molar-refractivity contribution in [2.45, 2.75) is 26.7 Å². The van der Waals surface area contributed by atoms with Crippen LogP contribution in [0.2, 0.25) is 0 Å². The second-order valence-corrected chi connectivity index (χ2v) is 5.20. The largest absolute Gasteiger partial charge is 0.477 e. The van der Waals surface area contributed by atoms with Gasteiger partial charge in [-0.15, -0.1) is 0 Å². The lowest BCUT2D eigenvalue weighted by atomic mass is 10.0. The van der Waals surface area contributed by atoms with Crippen LogP contribution in [-0.2, 0) is 6.42 Å². The molecule has 0 aliphatic rings. The Morgan fingerprint density at radius 2 is 2.21 bits per heavy atom. The third-order valence-corrected chi connectivity index (χ3v) is 3.75. The van der Waals surface area contributed by atoms with Crippen LogP contribution in [0.3, 0.4) is 0 Å². The second-order valence-electron chi connectivity index (χ2n) is 4.35. The van der Waals surface area contributed by atoms with Crippen molar-refractivity contribution in [1.82, 2.24) is 5.16 Å². The molecule has 0 unspecified atom stereocenters. The van der Waals surface area contributed by atoms with Gasteiger partial charge in [0.05, 0.1) is 0 Å². The molecular weight excluding hydrogens is 310 g/mol. The summed E-state index contributed by atoms with van der Waals surface area (Å²) in [5.74, 6) is -0.571.